The second kappa shape index (κ2) is 4.79. The third-order valence-corrected chi connectivity index (χ3v) is 3.74. The van der Waals surface area contributed by atoms with Gasteiger partial charge in [0.05, 0.1) is 13.7 Å². The minimum absolute atomic E-state index is 0.169. The SMILES string of the molecule is COc1ccc(N)cc1CN1C(=O)C2CCC(O2)C1=O. The van der Waals surface area contributed by atoms with E-state index in [0.717, 1.165) is 5.56 Å². The van der Waals surface area contributed by atoms with Crippen molar-refractivity contribution in [1.82, 2.24) is 4.90 Å². The van der Waals surface area contributed by atoms with Crippen LogP contribution in [-0.4, -0.2) is 36.0 Å². The van der Waals surface area contributed by atoms with Crippen LogP contribution in [0.1, 0.15) is 18.4 Å². The standard InChI is InChI=1S/C14H16N2O4/c1-19-10-3-2-9(15)6-8(10)7-16-13(17)11-4-5-12(20-11)14(16)18/h2-3,6,11-12H,4-5,7,15H2,1H3. The van der Waals surface area contributed by atoms with Gasteiger partial charge in [-0.15, -0.1) is 0 Å². The lowest BCUT2D eigenvalue weighted by atomic mass is 10.1. The first-order valence-electron chi connectivity index (χ1n) is 6.53. The van der Waals surface area contributed by atoms with Crippen LogP contribution in [0.3, 0.4) is 0 Å². The molecule has 2 heterocycles. The summed E-state index contributed by atoms with van der Waals surface area (Å²) in [4.78, 5) is 25.6. The highest BCUT2D eigenvalue weighted by Crippen LogP contribution is 2.31. The highest BCUT2D eigenvalue weighted by atomic mass is 16.5. The normalized spacial score (nSPS) is 25.1. The molecule has 20 heavy (non-hydrogen) atoms. The summed E-state index contributed by atoms with van der Waals surface area (Å²) in [6.45, 7) is 0.169. The highest BCUT2D eigenvalue weighted by molar-refractivity contribution is 6.02. The van der Waals surface area contributed by atoms with E-state index in [4.69, 9.17) is 15.2 Å². The van der Waals surface area contributed by atoms with E-state index in [1.54, 1.807) is 25.3 Å². The van der Waals surface area contributed by atoms with Crippen molar-refractivity contribution in [2.45, 2.75) is 31.6 Å². The lowest BCUT2D eigenvalue weighted by Crippen LogP contribution is -2.51. The predicted octanol–water partition coefficient (Wildman–Crippen LogP) is 0.694. The van der Waals surface area contributed by atoms with Crippen LogP contribution in [0.5, 0.6) is 5.75 Å². The minimum atomic E-state index is -0.482. The number of imide groups is 1. The number of methoxy groups -OCH3 is 1. The maximum Gasteiger partial charge on any atom is 0.258 e. The van der Waals surface area contributed by atoms with Crippen molar-refractivity contribution in [1.29, 1.82) is 0 Å². The molecule has 1 aromatic rings. The van der Waals surface area contributed by atoms with Crippen LogP contribution in [0.4, 0.5) is 5.69 Å². The maximum atomic E-state index is 12.2. The number of likely N-dealkylation sites (tertiary alicyclic amines) is 1. The van der Waals surface area contributed by atoms with E-state index < -0.39 is 12.2 Å². The van der Waals surface area contributed by atoms with Crippen LogP contribution in [0.2, 0.25) is 0 Å². The molecule has 2 fully saturated rings. The molecular weight excluding hydrogens is 260 g/mol. The molecule has 0 saturated carbocycles. The zero-order chi connectivity index (χ0) is 14.3. The molecule has 0 aromatic heterocycles. The molecule has 2 aliphatic heterocycles. The number of fused-ring (bicyclic) bond motifs is 2. The van der Waals surface area contributed by atoms with Crippen LogP contribution >= 0.6 is 0 Å². The van der Waals surface area contributed by atoms with Gasteiger partial charge in [0.25, 0.3) is 11.8 Å². The van der Waals surface area contributed by atoms with Crippen LogP contribution in [0.25, 0.3) is 0 Å². The number of hydrogen-bond acceptors (Lipinski definition) is 5. The van der Waals surface area contributed by atoms with E-state index in [9.17, 15) is 9.59 Å². The molecule has 2 unspecified atom stereocenters. The second-order valence-corrected chi connectivity index (χ2v) is 5.02. The fourth-order valence-electron chi connectivity index (χ4n) is 2.70. The van der Waals surface area contributed by atoms with E-state index in [2.05, 4.69) is 0 Å². The number of nitrogen functional groups attached to an aromatic ring is 1. The van der Waals surface area contributed by atoms with Gasteiger partial charge in [-0.05, 0) is 31.0 Å². The Labute approximate surface area is 116 Å². The molecule has 2 amide bonds. The van der Waals surface area contributed by atoms with Crippen molar-refractivity contribution in [3.8, 4) is 5.75 Å². The summed E-state index contributed by atoms with van der Waals surface area (Å²) in [6.07, 6.45) is 0.258. The van der Waals surface area contributed by atoms with E-state index in [1.807, 2.05) is 0 Å². The molecule has 0 radical (unpaired) electrons. The molecule has 2 aliphatic rings. The van der Waals surface area contributed by atoms with Gasteiger partial charge in [0, 0.05) is 11.3 Å². The average Bonchev–Trinajstić information content (AvgIpc) is 2.89. The molecule has 2 atom stereocenters. The minimum Gasteiger partial charge on any atom is -0.496 e. The predicted molar refractivity (Wildman–Crippen MR) is 70.9 cm³/mol. The van der Waals surface area contributed by atoms with Gasteiger partial charge in [-0.25, -0.2) is 0 Å². The largest absolute Gasteiger partial charge is 0.496 e. The van der Waals surface area contributed by atoms with Crippen LogP contribution < -0.4 is 10.5 Å². The number of ether oxygens (including phenoxy) is 2. The molecule has 2 saturated heterocycles. The number of carbonyl (C=O) groups excluding carboxylic acids is 2. The third kappa shape index (κ3) is 2.02. The third-order valence-electron chi connectivity index (χ3n) is 3.74. The second-order valence-electron chi connectivity index (χ2n) is 5.02. The highest BCUT2D eigenvalue weighted by Gasteiger charge is 2.46. The van der Waals surface area contributed by atoms with Crippen molar-refractivity contribution in [2.75, 3.05) is 12.8 Å². The first-order chi connectivity index (χ1) is 9.60. The first-order valence-corrected chi connectivity index (χ1v) is 6.53. The van der Waals surface area contributed by atoms with Gasteiger partial charge in [0.1, 0.15) is 18.0 Å². The van der Waals surface area contributed by atoms with Gasteiger partial charge in [-0.2, -0.15) is 0 Å². The Hall–Kier alpha value is -2.08. The van der Waals surface area contributed by atoms with Crippen molar-refractivity contribution < 1.29 is 19.1 Å². The monoisotopic (exact) mass is 276 g/mol. The Bertz CT molecular complexity index is 550. The number of hydrogen-bond donors (Lipinski definition) is 1. The first kappa shape index (κ1) is 12.9. The van der Waals surface area contributed by atoms with Crippen LogP contribution in [0, 0.1) is 0 Å². The zero-order valence-corrected chi connectivity index (χ0v) is 11.2. The summed E-state index contributed by atoms with van der Waals surface area (Å²) in [6, 6.07) is 5.17. The average molecular weight is 276 g/mol. The molecule has 2 N–H and O–H groups in total. The van der Waals surface area contributed by atoms with Gasteiger partial charge in [0.2, 0.25) is 0 Å². The van der Waals surface area contributed by atoms with E-state index in [0.29, 0.717) is 24.3 Å². The van der Waals surface area contributed by atoms with E-state index >= 15 is 0 Å². The lowest BCUT2D eigenvalue weighted by molar-refractivity contribution is -0.169. The zero-order valence-electron chi connectivity index (χ0n) is 11.2. The Kier molecular flexibility index (Phi) is 3.10. The molecule has 106 valence electrons. The summed E-state index contributed by atoms with van der Waals surface area (Å²) in [5.74, 6) is 0.0695. The molecule has 0 aliphatic carbocycles. The summed E-state index contributed by atoms with van der Waals surface area (Å²) < 4.78 is 10.6. The summed E-state index contributed by atoms with van der Waals surface area (Å²) in [5.41, 5.74) is 7.04. The van der Waals surface area contributed by atoms with Crippen LogP contribution in [-0.2, 0) is 20.9 Å². The number of nitrogens with zero attached hydrogens (tertiary/aromatic N) is 1. The van der Waals surface area contributed by atoms with Gasteiger partial charge in [-0.3, -0.25) is 14.5 Å². The number of amides is 2. The summed E-state index contributed by atoms with van der Waals surface area (Å²) >= 11 is 0. The van der Waals surface area contributed by atoms with E-state index in [1.165, 1.54) is 4.90 Å². The molecule has 3 rings (SSSR count). The Morgan fingerprint density at radius 1 is 1.30 bits per heavy atom. The smallest absolute Gasteiger partial charge is 0.258 e. The fourth-order valence-corrected chi connectivity index (χ4v) is 2.70. The lowest BCUT2D eigenvalue weighted by Gasteiger charge is -2.30. The van der Waals surface area contributed by atoms with E-state index in [-0.39, 0.29) is 18.4 Å². The van der Waals surface area contributed by atoms with Crippen molar-refractivity contribution >= 4 is 17.5 Å². The Morgan fingerprint density at radius 2 is 1.95 bits per heavy atom. The molecule has 6 heteroatoms. The summed E-state index contributed by atoms with van der Waals surface area (Å²) in [5, 5.41) is 0. The Morgan fingerprint density at radius 3 is 2.55 bits per heavy atom. The summed E-state index contributed by atoms with van der Waals surface area (Å²) in [7, 11) is 1.54. The molecule has 0 spiro atoms. The number of benzene rings is 1. The van der Waals surface area contributed by atoms with Crippen molar-refractivity contribution in [3.63, 3.8) is 0 Å². The maximum absolute atomic E-state index is 12.2. The molecule has 1 aromatic carbocycles. The number of carbonyl (C=O) groups is 2. The van der Waals surface area contributed by atoms with Gasteiger partial charge in [-0.1, -0.05) is 0 Å². The number of nitrogens with two attached hydrogens (primary N) is 1. The number of anilines is 1. The van der Waals surface area contributed by atoms with Crippen molar-refractivity contribution in [3.05, 3.63) is 23.8 Å². The quantitative estimate of drug-likeness (QED) is 0.649. The number of morpholine rings is 1. The van der Waals surface area contributed by atoms with Crippen molar-refractivity contribution in [2.24, 2.45) is 0 Å². The number of rotatable bonds is 3. The fraction of sp³-hybridized carbons (Fsp3) is 0.429. The van der Waals surface area contributed by atoms with Crippen LogP contribution in [0.15, 0.2) is 18.2 Å². The Balaban J connectivity index is 1.89. The van der Waals surface area contributed by atoms with Gasteiger partial charge in [0.15, 0.2) is 0 Å². The molecule has 2 bridgehead atoms. The van der Waals surface area contributed by atoms with Gasteiger partial charge >= 0.3 is 0 Å². The molecular formula is C14H16N2O4. The molecule has 6 nitrogen and oxygen atoms in total. The van der Waals surface area contributed by atoms with Gasteiger partial charge < -0.3 is 15.2 Å². The topological polar surface area (TPSA) is 81.9 Å².